The van der Waals surface area contributed by atoms with Crippen LogP contribution in [-0.4, -0.2) is 13.5 Å². The van der Waals surface area contributed by atoms with Crippen molar-refractivity contribution in [2.24, 2.45) is 0 Å². The Kier molecular flexibility index (Phi) is 6.39. The molecule has 0 heterocycles. The molecule has 31 heavy (non-hydrogen) atoms. The fraction of sp³-hybridized carbons (Fsp3) is 0.321. The SMILES string of the molecule is Cc1cc(C)[c]([Ge]([NH]C#N)([c]2c(C)cc(C)cc2C)[c]2c(C)cc(C)cc2C)c(C)c1. The van der Waals surface area contributed by atoms with E-state index in [9.17, 15) is 5.26 Å². The molecule has 3 rings (SSSR count). The van der Waals surface area contributed by atoms with Crippen LogP contribution in [-0.2, 0) is 0 Å². The molecule has 0 atom stereocenters. The summed E-state index contributed by atoms with van der Waals surface area (Å²) in [5.74, 6) is 0. The van der Waals surface area contributed by atoms with Gasteiger partial charge in [0.05, 0.1) is 0 Å². The zero-order valence-electron chi connectivity index (χ0n) is 20.4. The van der Waals surface area contributed by atoms with Crippen molar-refractivity contribution in [3.05, 3.63) is 86.5 Å². The summed E-state index contributed by atoms with van der Waals surface area (Å²) < 4.78 is 7.62. The van der Waals surface area contributed by atoms with E-state index in [1.54, 1.807) is 0 Å². The van der Waals surface area contributed by atoms with Gasteiger partial charge in [-0.05, 0) is 0 Å². The Morgan fingerprint density at radius 3 is 0.935 bits per heavy atom. The Labute approximate surface area is 190 Å². The van der Waals surface area contributed by atoms with Crippen molar-refractivity contribution in [2.45, 2.75) is 62.3 Å². The molecule has 0 aromatic heterocycles. The van der Waals surface area contributed by atoms with Crippen molar-refractivity contribution in [3.63, 3.8) is 0 Å². The molecule has 0 amide bonds. The summed E-state index contributed by atoms with van der Waals surface area (Å²) in [5.41, 5.74) is 11.5. The van der Waals surface area contributed by atoms with E-state index in [4.69, 9.17) is 0 Å². The van der Waals surface area contributed by atoms with E-state index in [1.807, 2.05) is 0 Å². The van der Waals surface area contributed by atoms with Crippen LogP contribution in [0.25, 0.3) is 0 Å². The molecule has 160 valence electrons. The molecule has 3 aromatic rings. The van der Waals surface area contributed by atoms with Gasteiger partial charge in [-0.25, -0.2) is 0 Å². The second-order valence-corrected chi connectivity index (χ2v) is 16.1. The van der Waals surface area contributed by atoms with E-state index in [2.05, 4.69) is 109 Å². The molecule has 0 bridgehead atoms. The van der Waals surface area contributed by atoms with E-state index in [0.29, 0.717) is 0 Å². The van der Waals surface area contributed by atoms with Crippen molar-refractivity contribution in [3.8, 4) is 6.19 Å². The predicted octanol–water partition coefficient (Wildman–Crippen LogP) is 4.50. The summed E-state index contributed by atoms with van der Waals surface area (Å²) >= 11 is -3.61. The van der Waals surface area contributed by atoms with Crippen LogP contribution in [0.4, 0.5) is 0 Å². The first kappa shape index (κ1) is 23.2. The number of nitriles is 1. The summed E-state index contributed by atoms with van der Waals surface area (Å²) in [6.07, 6.45) is 2.44. The second kappa shape index (κ2) is 8.56. The van der Waals surface area contributed by atoms with E-state index in [0.717, 1.165) is 0 Å². The molecule has 0 saturated carbocycles. The molecular formula is C28H34GeN2. The van der Waals surface area contributed by atoms with Gasteiger partial charge in [0.15, 0.2) is 0 Å². The third-order valence-corrected chi connectivity index (χ3v) is 17.1. The number of benzene rings is 3. The third kappa shape index (κ3) is 3.92. The predicted molar refractivity (Wildman–Crippen MR) is 135 cm³/mol. The molecular weight excluding hydrogens is 437 g/mol. The van der Waals surface area contributed by atoms with Crippen molar-refractivity contribution >= 4 is 26.7 Å². The molecule has 0 spiro atoms. The van der Waals surface area contributed by atoms with Crippen LogP contribution in [0.15, 0.2) is 36.4 Å². The van der Waals surface area contributed by atoms with Gasteiger partial charge in [0.2, 0.25) is 0 Å². The summed E-state index contributed by atoms with van der Waals surface area (Å²) in [7, 11) is 0. The number of hydrogen-bond acceptors (Lipinski definition) is 2. The Bertz CT molecular complexity index is 1010. The third-order valence-electron chi connectivity index (χ3n) is 6.40. The number of aryl methyl sites for hydroxylation is 9. The first-order valence-corrected chi connectivity index (χ1v) is 15.1. The van der Waals surface area contributed by atoms with Gasteiger partial charge in [-0.3, -0.25) is 0 Å². The van der Waals surface area contributed by atoms with E-state index in [1.165, 1.54) is 63.3 Å². The molecule has 3 heteroatoms. The van der Waals surface area contributed by atoms with Crippen molar-refractivity contribution < 1.29 is 0 Å². The van der Waals surface area contributed by atoms with Gasteiger partial charge in [-0.1, -0.05) is 0 Å². The Morgan fingerprint density at radius 1 is 0.516 bits per heavy atom. The van der Waals surface area contributed by atoms with Crippen LogP contribution < -0.4 is 17.5 Å². The first-order valence-electron chi connectivity index (χ1n) is 10.9. The molecule has 0 saturated heterocycles. The maximum atomic E-state index is 10.2. The van der Waals surface area contributed by atoms with Crippen LogP contribution in [0.2, 0.25) is 0 Å². The summed E-state index contributed by atoms with van der Waals surface area (Å²) in [5, 5.41) is 10.2. The topological polar surface area (TPSA) is 35.8 Å². The number of nitrogens with one attached hydrogen (secondary N) is 1. The molecule has 0 aliphatic carbocycles. The van der Waals surface area contributed by atoms with Crippen molar-refractivity contribution in [1.29, 1.82) is 5.26 Å². The monoisotopic (exact) mass is 472 g/mol. The summed E-state index contributed by atoms with van der Waals surface area (Å²) in [6.45, 7) is 19.7. The number of hydrogen-bond donors (Lipinski definition) is 1. The molecule has 0 fully saturated rings. The van der Waals surface area contributed by atoms with Gasteiger partial charge >= 0.3 is 191 Å². The quantitative estimate of drug-likeness (QED) is 0.346. The van der Waals surface area contributed by atoms with E-state index in [-0.39, 0.29) is 0 Å². The molecule has 2 nitrogen and oxygen atoms in total. The van der Waals surface area contributed by atoms with Crippen LogP contribution >= 0.6 is 0 Å². The molecule has 1 N–H and O–H groups in total. The van der Waals surface area contributed by atoms with Gasteiger partial charge in [-0.15, -0.1) is 0 Å². The van der Waals surface area contributed by atoms with Crippen LogP contribution in [0.1, 0.15) is 50.1 Å². The van der Waals surface area contributed by atoms with Gasteiger partial charge < -0.3 is 0 Å². The Balaban J connectivity index is 2.65. The molecule has 0 aliphatic heterocycles. The average Bonchev–Trinajstić information content (AvgIpc) is 2.58. The molecule has 0 unspecified atom stereocenters. The van der Waals surface area contributed by atoms with Crippen molar-refractivity contribution in [1.82, 2.24) is 4.27 Å². The van der Waals surface area contributed by atoms with E-state index < -0.39 is 13.5 Å². The van der Waals surface area contributed by atoms with Crippen LogP contribution in [0.3, 0.4) is 0 Å². The summed E-state index contributed by atoms with van der Waals surface area (Å²) in [4.78, 5) is 0. The zero-order valence-corrected chi connectivity index (χ0v) is 22.5. The van der Waals surface area contributed by atoms with Gasteiger partial charge in [0.1, 0.15) is 0 Å². The number of rotatable bonds is 4. The second-order valence-electron chi connectivity index (χ2n) is 9.31. The van der Waals surface area contributed by atoms with Crippen molar-refractivity contribution in [2.75, 3.05) is 0 Å². The Morgan fingerprint density at radius 2 is 0.742 bits per heavy atom. The van der Waals surface area contributed by atoms with Gasteiger partial charge in [-0.2, -0.15) is 0 Å². The Hall–Kier alpha value is -2.51. The molecule has 3 aromatic carbocycles. The minimum absolute atomic E-state index is 1.27. The minimum atomic E-state index is -3.61. The fourth-order valence-electron chi connectivity index (χ4n) is 5.96. The maximum absolute atomic E-state index is 10.2. The zero-order chi connectivity index (χ0) is 23.1. The van der Waals surface area contributed by atoms with Gasteiger partial charge in [0, 0.05) is 0 Å². The standard InChI is InChI=1S/C28H34GeN2/c1-17-10-20(4)26(21(5)11-17)29(31-16-30,27-22(6)12-18(2)13-23(27)7)28-24(8)14-19(3)15-25(28)9/h10-15,31H,1-9H3. The number of nitrogens with zero attached hydrogens (tertiary/aromatic N) is 1. The first-order chi connectivity index (χ1) is 14.5. The average molecular weight is 471 g/mol. The van der Waals surface area contributed by atoms with Crippen LogP contribution in [0, 0.1) is 73.8 Å². The van der Waals surface area contributed by atoms with Crippen LogP contribution in [0.5, 0.6) is 0 Å². The molecule has 0 radical (unpaired) electrons. The normalized spacial score (nSPS) is 11.4. The summed E-state index contributed by atoms with van der Waals surface area (Å²) in [6, 6.07) is 13.7. The van der Waals surface area contributed by atoms with E-state index >= 15 is 0 Å². The fourth-order valence-corrected chi connectivity index (χ4v) is 17.0. The molecule has 0 aliphatic rings. The van der Waals surface area contributed by atoms with Gasteiger partial charge in [0.25, 0.3) is 0 Å².